The molecule has 1 rings (SSSR count). The third kappa shape index (κ3) is 4.15. The van der Waals surface area contributed by atoms with Crippen LogP contribution in [0.2, 0.25) is 0 Å². The van der Waals surface area contributed by atoms with Crippen LogP contribution < -0.4 is 5.73 Å². The van der Waals surface area contributed by atoms with Crippen molar-refractivity contribution in [2.75, 3.05) is 13.7 Å². The maximum absolute atomic E-state index is 12.2. The van der Waals surface area contributed by atoms with E-state index in [0.717, 1.165) is 5.56 Å². The van der Waals surface area contributed by atoms with Gasteiger partial charge in [0.1, 0.15) is 0 Å². The van der Waals surface area contributed by atoms with Gasteiger partial charge < -0.3 is 15.6 Å². The number of hydrogen-bond donors (Lipinski definition) is 2. The number of esters is 1. The number of carbonyl (C=O) groups excluding carboxylic acids is 2. The number of rotatable bonds is 8. The Bertz CT molecular complexity index is 446. The Labute approximate surface area is 118 Å². The summed E-state index contributed by atoms with van der Waals surface area (Å²) in [4.78, 5) is 24.1. The van der Waals surface area contributed by atoms with Crippen molar-refractivity contribution in [1.29, 1.82) is 0 Å². The molecule has 0 aliphatic carbocycles. The van der Waals surface area contributed by atoms with E-state index >= 15 is 0 Å². The number of aliphatic hydroxyl groups excluding tert-OH is 1. The summed E-state index contributed by atoms with van der Waals surface area (Å²) in [5.41, 5.74) is 5.16. The zero-order chi connectivity index (χ0) is 15.0. The smallest absolute Gasteiger partial charge is 0.333 e. The molecule has 0 fully saturated rings. The summed E-state index contributed by atoms with van der Waals surface area (Å²) in [5.74, 6) is -1.09. The third-order valence-corrected chi connectivity index (χ3v) is 3.18. The Kier molecular flexibility index (Phi) is 6.35. The summed E-state index contributed by atoms with van der Waals surface area (Å²) in [6.45, 7) is 0.0156. The maximum atomic E-state index is 12.2. The number of benzene rings is 1. The molecule has 0 amide bonds. The first-order valence-corrected chi connectivity index (χ1v) is 6.60. The Morgan fingerprint density at radius 3 is 2.45 bits per heavy atom. The van der Waals surface area contributed by atoms with Crippen LogP contribution in [0.15, 0.2) is 30.3 Å². The van der Waals surface area contributed by atoms with Gasteiger partial charge in [0.05, 0.1) is 7.11 Å². The Morgan fingerprint density at radius 2 is 1.90 bits per heavy atom. The molecule has 0 radical (unpaired) electrons. The van der Waals surface area contributed by atoms with Crippen molar-refractivity contribution in [2.24, 2.45) is 5.73 Å². The molecule has 3 N–H and O–H groups in total. The predicted molar refractivity (Wildman–Crippen MR) is 75.0 cm³/mol. The number of aliphatic hydroxyl groups is 1. The summed E-state index contributed by atoms with van der Waals surface area (Å²) < 4.78 is 4.68. The van der Waals surface area contributed by atoms with E-state index in [4.69, 9.17) is 10.8 Å². The number of carbonyl (C=O) groups is 2. The van der Waals surface area contributed by atoms with Gasteiger partial charge in [0.2, 0.25) is 0 Å². The number of methoxy groups -OCH3 is 1. The Morgan fingerprint density at radius 1 is 1.25 bits per heavy atom. The van der Waals surface area contributed by atoms with E-state index in [1.807, 2.05) is 30.3 Å². The first-order chi connectivity index (χ1) is 9.54. The van der Waals surface area contributed by atoms with Crippen molar-refractivity contribution in [3.05, 3.63) is 35.9 Å². The van der Waals surface area contributed by atoms with Gasteiger partial charge >= 0.3 is 5.97 Å². The van der Waals surface area contributed by atoms with Crippen LogP contribution in [0.25, 0.3) is 0 Å². The number of nitrogens with two attached hydrogens (primary N) is 1. The van der Waals surface area contributed by atoms with Crippen molar-refractivity contribution in [3.8, 4) is 0 Å². The molecule has 1 atom stereocenters. The normalized spacial score (nSPS) is 13.6. The molecular weight excluding hydrogens is 258 g/mol. The number of unbranched alkanes of at least 4 members (excludes halogenated alkanes) is 1. The average molecular weight is 279 g/mol. The molecule has 1 aromatic rings. The van der Waals surface area contributed by atoms with Crippen LogP contribution in [0.3, 0.4) is 0 Å². The number of Topliss-reactive ketones (excluding diaryl/α,β-unsaturated/α-hetero) is 1. The van der Waals surface area contributed by atoms with Gasteiger partial charge in [-0.3, -0.25) is 4.79 Å². The van der Waals surface area contributed by atoms with E-state index < -0.39 is 11.5 Å². The Hall–Kier alpha value is -1.72. The van der Waals surface area contributed by atoms with Gasteiger partial charge in [-0.25, -0.2) is 4.79 Å². The lowest BCUT2D eigenvalue weighted by Crippen LogP contribution is -2.57. The van der Waals surface area contributed by atoms with Gasteiger partial charge in [-0.15, -0.1) is 0 Å². The lowest BCUT2D eigenvalue weighted by Gasteiger charge is -2.25. The van der Waals surface area contributed by atoms with Crippen LogP contribution in [-0.2, 0) is 20.7 Å². The number of ketones is 1. The zero-order valence-electron chi connectivity index (χ0n) is 11.7. The fraction of sp³-hybridized carbons (Fsp3) is 0.467. The first kappa shape index (κ1) is 16.3. The average Bonchev–Trinajstić information content (AvgIpc) is 2.47. The first-order valence-electron chi connectivity index (χ1n) is 6.60. The highest BCUT2D eigenvalue weighted by molar-refractivity contribution is 6.08. The van der Waals surface area contributed by atoms with Gasteiger partial charge in [0.15, 0.2) is 11.3 Å². The largest absolute Gasteiger partial charge is 0.467 e. The molecule has 0 aliphatic heterocycles. The summed E-state index contributed by atoms with van der Waals surface area (Å²) in [6.07, 6.45) is 1.27. The van der Waals surface area contributed by atoms with Crippen LogP contribution in [-0.4, -0.2) is 36.1 Å². The molecule has 20 heavy (non-hydrogen) atoms. The molecule has 0 unspecified atom stereocenters. The standard InChI is InChI=1S/C15H21NO4/c1-20-14(19)15(16,13(18)9-5-6-10-17)11-12-7-3-2-4-8-12/h2-4,7-8,17H,5-6,9-11,16H2,1H3/t15-/m0/s1. The van der Waals surface area contributed by atoms with Crippen molar-refractivity contribution in [1.82, 2.24) is 0 Å². The SMILES string of the molecule is COC(=O)[C@](N)(Cc1ccccc1)C(=O)CCCCO. The van der Waals surface area contributed by atoms with Crippen LogP contribution in [0, 0.1) is 0 Å². The minimum Gasteiger partial charge on any atom is -0.467 e. The van der Waals surface area contributed by atoms with Crippen LogP contribution in [0.5, 0.6) is 0 Å². The second kappa shape index (κ2) is 7.77. The van der Waals surface area contributed by atoms with Crippen molar-refractivity contribution in [3.63, 3.8) is 0 Å². The molecule has 0 spiro atoms. The molecule has 5 nitrogen and oxygen atoms in total. The molecule has 0 bridgehead atoms. The lowest BCUT2D eigenvalue weighted by molar-refractivity contribution is -0.151. The van der Waals surface area contributed by atoms with E-state index in [9.17, 15) is 9.59 Å². The highest BCUT2D eigenvalue weighted by Crippen LogP contribution is 2.17. The highest BCUT2D eigenvalue weighted by atomic mass is 16.5. The fourth-order valence-corrected chi connectivity index (χ4v) is 2.00. The Balaban J connectivity index is 2.86. The van der Waals surface area contributed by atoms with E-state index in [1.165, 1.54) is 7.11 Å². The summed E-state index contributed by atoms with van der Waals surface area (Å²) in [7, 11) is 1.22. The zero-order valence-corrected chi connectivity index (χ0v) is 11.7. The third-order valence-electron chi connectivity index (χ3n) is 3.18. The van der Waals surface area contributed by atoms with E-state index in [0.29, 0.717) is 12.8 Å². The van der Waals surface area contributed by atoms with E-state index in [2.05, 4.69) is 4.74 Å². The number of hydrogen-bond acceptors (Lipinski definition) is 5. The molecule has 0 saturated heterocycles. The van der Waals surface area contributed by atoms with Crippen molar-refractivity contribution >= 4 is 11.8 Å². The molecule has 5 heteroatoms. The summed E-state index contributed by atoms with van der Waals surface area (Å²) in [6, 6.07) is 9.12. The van der Waals surface area contributed by atoms with Gasteiger partial charge in [-0.05, 0) is 18.4 Å². The molecule has 0 heterocycles. The van der Waals surface area contributed by atoms with Gasteiger partial charge in [-0.2, -0.15) is 0 Å². The van der Waals surface area contributed by atoms with E-state index in [-0.39, 0.29) is 25.2 Å². The minimum absolute atomic E-state index is 0.0156. The molecule has 0 aliphatic rings. The topological polar surface area (TPSA) is 89.6 Å². The van der Waals surface area contributed by atoms with Gasteiger partial charge in [0.25, 0.3) is 0 Å². The second-order valence-corrected chi connectivity index (χ2v) is 4.73. The fourth-order valence-electron chi connectivity index (χ4n) is 2.00. The van der Waals surface area contributed by atoms with Gasteiger partial charge in [-0.1, -0.05) is 30.3 Å². The molecule has 1 aromatic carbocycles. The number of ether oxygens (including phenoxy) is 1. The van der Waals surface area contributed by atoms with Crippen LogP contribution >= 0.6 is 0 Å². The van der Waals surface area contributed by atoms with Gasteiger partial charge in [0, 0.05) is 19.4 Å². The molecule has 0 saturated carbocycles. The molecule has 110 valence electrons. The molecular formula is C15H21NO4. The summed E-state index contributed by atoms with van der Waals surface area (Å²) in [5, 5.41) is 8.74. The van der Waals surface area contributed by atoms with E-state index in [1.54, 1.807) is 0 Å². The summed E-state index contributed by atoms with van der Waals surface area (Å²) >= 11 is 0. The quantitative estimate of drug-likeness (QED) is 0.418. The van der Waals surface area contributed by atoms with Crippen molar-refractivity contribution < 1.29 is 19.4 Å². The minimum atomic E-state index is -1.66. The predicted octanol–water partition coefficient (Wildman–Crippen LogP) is 0.831. The monoisotopic (exact) mass is 279 g/mol. The maximum Gasteiger partial charge on any atom is 0.333 e. The van der Waals surface area contributed by atoms with Crippen molar-refractivity contribution in [2.45, 2.75) is 31.2 Å². The highest BCUT2D eigenvalue weighted by Gasteiger charge is 2.42. The second-order valence-electron chi connectivity index (χ2n) is 4.73. The lowest BCUT2D eigenvalue weighted by atomic mass is 9.85. The van der Waals surface area contributed by atoms with Crippen LogP contribution in [0.1, 0.15) is 24.8 Å². The van der Waals surface area contributed by atoms with Crippen LogP contribution in [0.4, 0.5) is 0 Å². The molecule has 0 aromatic heterocycles.